The maximum Gasteiger partial charge on any atom is 0.242 e. The summed E-state index contributed by atoms with van der Waals surface area (Å²) in [6, 6.07) is 6.90. The van der Waals surface area contributed by atoms with Crippen molar-refractivity contribution in [3.05, 3.63) is 45.6 Å². The maximum absolute atomic E-state index is 12.2. The van der Waals surface area contributed by atoms with Crippen LogP contribution in [-0.4, -0.2) is 8.42 Å². The minimum Gasteiger partial charge on any atom is -0.398 e. The van der Waals surface area contributed by atoms with Crippen LogP contribution < -0.4 is 10.5 Å². The fourth-order valence-electron chi connectivity index (χ4n) is 1.74. The minimum absolute atomic E-state index is 0.132. The maximum atomic E-state index is 12.2. The quantitative estimate of drug-likeness (QED) is 0.851. The summed E-state index contributed by atoms with van der Waals surface area (Å²) in [4.78, 5) is 1.14. The van der Waals surface area contributed by atoms with Crippen LogP contribution in [0.25, 0.3) is 0 Å². The molecule has 3 N–H and O–H groups in total. The first kappa shape index (κ1) is 14.0. The Morgan fingerprint density at radius 2 is 2.00 bits per heavy atom. The van der Waals surface area contributed by atoms with E-state index in [2.05, 4.69) is 4.72 Å². The van der Waals surface area contributed by atoms with Crippen molar-refractivity contribution in [2.75, 3.05) is 5.73 Å². The number of hydrogen-bond donors (Lipinski definition) is 2. The van der Waals surface area contributed by atoms with Crippen LogP contribution in [0.3, 0.4) is 0 Å². The van der Waals surface area contributed by atoms with E-state index in [4.69, 9.17) is 5.73 Å². The van der Waals surface area contributed by atoms with Gasteiger partial charge in [0.15, 0.2) is 0 Å². The second kappa shape index (κ2) is 5.32. The van der Waals surface area contributed by atoms with Crippen molar-refractivity contribution in [2.45, 2.75) is 25.3 Å². The molecule has 0 spiro atoms. The Kier molecular flexibility index (Phi) is 3.93. The third-order valence-corrected chi connectivity index (χ3v) is 5.34. The van der Waals surface area contributed by atoms with E-state index in [0.717, 1.165) is 16.0 Å². The lowest BCUT2D eigenvalue weighted by atomic mass is 10.2. The third kappa shape index (κ3) is 3.15. The Hall–Kier alpha value is -1.37. The highest BCUT2D eigenvalue weighted by Gasteiger charge is 2.17. The number of rotatable bonds is 4. The van der Waals surface area contributed by atoms with Crippen LogP contribution in [0.4, 0.5) is 5.69 Å². The molecule has 1 aromatic heterocycles. The van der Waals surface area contributed by atoms with E-state index in [1.54, 1.807) is 12.1 Å². The van der Waals surface area contributed by atoms with E-state index in [-0.39, 0.29) is 10.6 Å². The highest BCUT2D eigenvalue weighted by molar-refractivity contribution is 7.89. The standard InChI is InChI=1S/C13H16N2O2S2/c1-9-3-4-13(11(14)7-9)19(16,17)15-8-12-10(2)5-6-18-12/h3-7,15H,8,14H2,1-2H3. The van der Waals surface area contributed by atoms with E-state index in [9.17, 15) is 8.42 Å². The second-order valence-corrected chi connectivity index (χ2v) is 7.13. The molecular weight excluding hydrogens is 280 g/mol. The molecule has 0 bridgehead atoms. The van der Waals surface area contributed by atoms with Crippen LogP contribution in [0.1, 0.15) is 16.0 Å². The van der Waals surface area contributed by atoms with Crippen molar-refractivity contribution in [3.8, 4) is 0 Å². The molecule has 2 rings (SSSR count). The summed E-state index contributed by atoms with van der Waals surface area (Å²) in [5.74, 6) is 0. The van der Waals surface area contributed by atoms with Gasteiger partial charge < -0.3 is 5.73 Å². The molecule has 6 heteroatoms. The minimum atomic E-state index is -3.57. The van der Waals surface area contributed by atoms with E-state index in [1.165, 1.54) is 17.4 Å². The highest BCUT2D eigenvalue weighted by atomic mass is 32.2. The van der Waals surface area contributed by atoms with Gasteiger partial charge in [-0.3, -0.25) is 0 Å². The smallest absolute Gasteiger partial charge is 0.242 e. The Balaban J connectivity index is 2.21. The molecule has 0 aliphatic rings. The summed E-state index contributed by atoms with van der Waals surface area (Å²) in [6.07, 6.45) is 0. The zero-order valence-electron chi connectivity index (χ0n) is 10.8. The molecule has 0 amide bonds. The molecule has 0 saturated heterocycles. The monoisotopic (exact) mass is 296 g/mol. The average molecular weight is 296 g/mol. The third-order valence-electron chi connectivity index (χ3n) is 2.85. The number of benzene rings is 1. The Morgan fingerprint density at radius 1 is 1.26 bits per heavy atom. The molecular formula is C13H16N2O2S2. The number of aryl methyl sites for hydroxylation is 2. The van der Waals surface area contributed by atoms with E-state index < -0.39 is 10.0 Å². The van der Waals surface area contributed by atoms with Gasteiger partial charge in [-0.15, -0.1) is 11.3 Å². The van der Waals surface area contributed by atoms with Gasteiger partial charge in [0.1, 0.15) is 4.90 Å². The van der Waals surface area contributed by atoms with Gasteiger partial charge in [0.25, 0.3) is 0 Å². The molecule has 4 nitrogen and oxygen atoms in total. The number of sulfonamides is 1. The second-order valence-electron chi connectivity index (χ2n) is 4.39. The van der Waals surface area contributed by atoms with Gasteiger partial charge in [0, 0.05) is 11.4 Å². The van der Waals surface area contributed by atoms with Gasteiger partial charge in [0.05, 0.1) is 5.69 Å². The zero-order chi connectivity index (χ0) is 14.0. The van der Waals surface area contributed by atoms with Crippen LogP contribution in [-0.2, 0) is 16.6 Å². The molecule has 19 heavy (non-hydrogen) atoms. The summed E-state index contributed by atoms with van der Waals surface area (Å²) in [5, 5.41) is 1.94. The molecule has 0 unspecified atom stereocenters. The Bertz CT molecular complexity index is 690. The van der Waals surface area contributed by atoms with E-state index >= 15 is 0 Å². The first-order valence-electron chi connectivity index (χ1n) is 5.79. The predicted molar refractivity (Wildman–Crippen MR) is 78.7 cm³/mol. The molecule has 1 heterocycles. The molecule has 2 aromatic rings. The van der Waals surface area contributed by atoms with Crippen molar-refractivity contribution in [1.29, 1.82) is 0 Å². The zero-order valence-corrected chi connectivity index (χ0v) is 12.4. The van der Waals surface area contributed by atoms with Crippen LogP contribution in [0.2, 0.25) is 0 Å². The normalized spacial score (nSPS) is 11.7. The summed E-state index contributed by atoms with van der Waals surface area (Å²) < 4.78 is 27.0. The number of nitrogens with two attached hydrogens (primary N) is 1. The van der Waals surface area contributed by atoms with Crippen LogP contribution in [0, 0.1) is 13.8 Å². The largest absolute Gasteiger partial charge is 0.398 e. The first-order valence-corrected chi connectivity index (χ1v) is 8.15. The molecule has 0 saturated carbocycles. The Labute approximate surface area is 117 Å². The van der Waals surface area contributed by atoms with Gasteiger partial charge in [-0.2, -0.15) is 0 Å². The van der Waals surface area contributed by atoms with Crippen molar-refractivity contribution in [3.63, 3.8) is 0 Å². The van der Waals surface area contributed by atoms with Crippen molar-refractivity contribution >= 4 is 27.0 Å². The number of thiophene rings is 1. The van der Waals surface area contributed by atoms with Crippen molar-refractivity contribution in [2.24, 2.45) is 0 Å². The number of nitrogen functional groups attached to an aromatic ring is 1. The van der Waals surface area contributed by atoms with Gasteiger partial charge in [-0.1, -0.05) is 6.07 Å². The van der Waals surface area contributed by atoms with Gasteiger partial charge in [-0.25, -0.2) is 13.1 Å². The van der Waals surface area contributed by atoms with Gasteiger partial charge in [0.2, 0.25) is 10.0 Å². The summed E-state index contributed by atoms with van der Waals surface area (Å²) in [7, 11) is -3.57. The van der Waals surface area contributed by atoms with Crippen molar-refractivity contribution < 1.29 is 8.42 Å². The molecule has 0 radical (unpaired) electrons. The lowest BCUT2D eigenvalue weighted by Gasteiger charge is -2.09. The van der Waals surface area contributed by atoms with Crippen LogP contribution in [0.15, 0.2) is 34.5 Å². The molecule has 0 fully saturated rings. The lowest BCUT2D eigenvalue weighted by Crippen LogP contribution is -2.24. The fraction of sp³-hybridized carbons (Fsp3) is 0.231. The number of anilines is 1. The topological polar surface area (TPSA) is 72.2 Å². The molecule has 0 atom stereocenters. The van der Waals surface area contributed by atoms with E-state index in [1.807, 2.05) is 25.3 Å². The summed E-state index contributed by atoms with van der Waals surface area (Å²) in [6.45, 7) is 4.12. The molecule has 0 aliphatic carbocycles. The van der Waals surface area contributed by atoms with Crippen LogP contribution in [0.5, 0.6) is 0 Å². The van der Waals surface area contributed by atoms with Crippen molar-refractivity contribution in [1.82, 2.24) is 4.72 Å². The van der Waals surface area contributed by atoms with Crippen LogP contribution >= 0.6 is 11.3 Å². The van der Waals surface area contributed by atoms with E-state index in [0.29, 0.717) is 6.54 Å². The lowest BCUT2D eigenvalue weighted by molar-refractivity contribution is 0.582. The molecule has 0 aliphatic heterocycles. The molecule has 1 aromatic carbocycles. The summed E-state index contributed by atoms with van der Waals surface area (Å²) >= 11 is 1.53. The number of hydrogen-bond acceptors (Lipinski definition) is 4. The number of nitrogens with one attached hydrogen (secondary N) is 1. The van der Waals surface area contributed by atoms with Gasteiger partial charge >= 0.3 is 0 Å². The average Bonchev–Trinajstić information content (AvgIpc) is 2.72. The summed E-state index contributed by atoms with van der Waals surface area (Å²) in [5.41, 5.74) is 8.07. The highest BCUT2D eigenvalue weighted by Crippen LogP contribution is 2.21. The molecule has 102 valence electrons. The first-order chi connectivity index (χ1) is 8.90. The SMILES string of the molecule is Cc1ccc(S(=O)(=O)NCc2sccc2C)c(N)c1. The predicted octanol–water partition coefficient (Wildman–Crippen LogP) is 2.43. The Morgan fingerprint density at radius 3 is 2.58 bits per heavy atom. The fourth-order valence-corrected chi connectivity index (χ4v) is 3.78. The van der Waals surface area contributed by atoms with Gasteiger partial charge in [-0.05, 0) is 48.6 Å².